The fraction of sp³-hybridized carbons (Fsp3) is 0.375. The fourth-order valence-corrected chi connectivity index (χ4v) is 2.03. The van der Waals surface area contributed by atoms with Gasteiger partial charge in [0.15, 0.2) is 11.5 Å². The molecule has 1 unspecified atom stereocenters. The first-order chi connectivity index (χ1) is 10.9. The van der Waals surface area contributed by atoms with Gasteiger partial charge >= 0.3 is 5.97 Å². The number of nitrogens with zero attached hydrogens (tertiary/aromatic N) is 1. The third-order valence-electron chi connectivity index (χ3n) is 3.55. The van der Waals surface area contributed by atoms with Crippen molar-refractivity contribution < 1.29 is 28.9 Å². The van der Waals surface area contributed by atoms with Crippen LogP contribution in [-0.4, -0.2) is 55.3 Å². The lowest BCUT2D eigenvalue weighted by atomic mass is 10.1. The van der Waals surface area contributed by atoms with Gasteiger partial charge in [-0.3, -0.25) is 4.79 Å². The van der Waals surface area contributed by atoms with Crippen molar-refractivity contribution in [3.05, 3.63) is 23.8 Å². The number of benzene rings is 1. The number of rotatable bonds is 5. The molecular formula is C16H19NO6. The van der Waals surface area contributed by atoms with Gasteiger partial charge in [0.2, 0.25) is 11.7 Å². The number of carboxylic acid groups (broad SMARTS) is 1. The molecular weight excluding hydrogens is 302 g/mol. The third-order valence-corrected chi connectivity index (χ3v) is 3.55. The summed E-state index contributed by atoms with van der Waals surface area (Å²) in [4.78, 5) is 24.0. The SMILES string of the molecule is COc1cc(/C=C/C(=O)N(C)C(C)C(=O)O)cc2c1OCCO2. The number of amides is 1. The summed E-state index contributed by atoms with van der Waals surface area (Å²) in [7, 11) is 2.96. The van der Waals surface area contributed by atoms with E-state index in [1.807, 2.05) is 0 Å². The van der Waals surface area contributed by atoms with E-state index in [-0.39, 0.29) is 0 Å². The average Bonchev–Trinajstić information content (AvgIpc) is 2.57. The van der Waals surface area contributed by atoms with Crippen LogP contribution in [0, 0.1) is 0 Å². The molecule has 1 aliphatic rings. The minimum Gasteiger partial charge on any atom is -0.493 e. The van der Waals surface area contributed by atoms with Gasteiger partial charge in [-0.25, -0.2) is 4.79 Å². The van der Waals surface area contributed by atoms with Crippen LogP contribution in [0.15, 0.2) is 18.2 Å². The second-order valence-corrected chi connectivity index (χ2v) is 5.04. The van der Waals surface area contributed by atoms with E-state index in [0.717, 1.165) is 4.90 Å². The Bertz CT molecular complexity index is 622. The number of carbonyl (C=O) groups excluding carboxylic acids is 1. The highest BCUT2D eigenvalue weighted by Crippen LogP contribution is 2.40. The zero-order valence-electron chi connectivity index (χ0n) is 13.2. The predicted octanol–water partition coefficient (Wildman–Crippen LogP) is 1.41. The number of methoxy groups -OCH3 is 1. The molecule has 0 spiro atoms. The quantitative estimate of drug-likeness (QED) is 0.825. The van der Waals surface area contributed by atoms with Gasteiger partial charge in [-0.2, -0.15) is 0 Å². The Hall–Kier alpha value is -2.70. The minimum absolute atomic E-state index is 0.409. The van der Waals surface area contributed by atoms with Crippen LogP contribution < -0.4 is 14.2 Å². The van der Waals surface area contributed by atoms with Crippen molar-refractivity contribution >= 4 is 18.0 Å². The molecule has 1 atom stereocenters. The molecule has 0 saturated heterocycles. The maximum Gasteiger partial charge on any atom is 0.326 e. The zero-order valence-corrected chi connectivity index (χ0v) is 13.2. The maximum absolute atomic E-state index is 12.0. The second-order valence-electron chi connectivity index (χ2n) is 5.04. The van der Waals surface area contributed by atoms with Crippen molar-refractivity contribution in [3.63, 3.8) is 0 Å². The molecule has 1 amide bonds. The van der Waals surface area contributed by atoms with Crippen LogP contribution in [0.5, 0.6) is 17.2 Å². The summed E-state index contributed by atoms with van der Waals surface area (Å²) in [5.74, 6) is 0.138. The molecule has 0 saturated carbocycles. The molecule has 1 aromatic rings. The number of ether oxygens (including phenoxy) is 3. The number of aliphatic carboxylic acids is 1. The van der Waals surface area contributed by atoms with Crippen molar-refractivity contribution in [2.75, 3.05) is 27.4 Å². The van der Waals surface area contributed by atoms with Gasteiger partial charge in [0.05, 0.1) is 7.11 Å². The van der Waals surface area contributed by atoms with E-state index in [0.29, 0.717) is 36.0 Å². The number of carbonyl (C=O) groups is 2. The Morgan fingerprint density at radius 3 is 2.70 bits per heavy atom. The van der Waals surface area contributed by atoms with Crippen LogP contribution >= 0.6 is 0 Å². The van der Waals surface area contributed by atoms with E-state index in [1.54, 1.807) is 18.2 Å². The first-order valence-electron chi connectivity index (χ1n) is 7.09. The summed E-state index contributed by atoms with van der Waals surface area (Å²) in [5.41, 5.74) is 0.691. The molecule has 0 aromatic heterocycles. The highest BCUT2D eigenvalue weighted by molar-refractivity contribution is 5.94. The van der Waals surface area contributed by atoms with Gasteiger partial charge in [0.25, 0.3) is 0 Å². The smallest absolute Gasteiger partial charge is 0.326 e. The van der Waals surface area contributed by atoms with Crippen molar-refractivity contribution in [1.29, 1.82) is 0 Å². The lowest BCUT2D eigenvalue weighted by molar-refractivity contribution is -0.146. The molecule has 0 radical (unpaired) electrons. The van der Waals surface area contributed by atoms with Gasteiger partial charge in [0, 0.05) is 13.1 Å². The highest BCUT2D eigenvalue weighted by Gasteiger charge is 2.20. The number of carboxylic acids is 1. The molecule has 0 fully saturated rings. The molecule has 7 heteroatoms. The number of hydrogen-bond acceptors (Lipinski definition) is 5. The largest absolute Gasteiger partial charge is 0.493 e. The number of likely N-dealkylation sites (N-methyl/N-ethyl adjacent to an activating group) is 1. The summed E-state index contributed by atoms with van der Waals surface area (Å²) in [6, 6.07) is 2.56. The van der Waals surface area contributed by atoms with Gasteiger partial charge in [-0.05, 0) is 30.7 Å². The summed E-state index contributed by atoms with van der Waals surface area (Å²) in [5, 5.41) is 8.92. The third kappa shape index (κ3) is 3.74. The van der Waals surface area contributed by atoms with E-state index in [2.05, 4.69) is 0 Å². The molecule has 1 aliphatic heterocycles. The summed E-state index contributed by atoms with van der Waals surface area (Å²) < 4.78 is 16.3. The van der Waals surface area contributed by atoms with Crippen LogP contribution in [0.25, 0.3) is 6.08 Å². The van der Waals surface area contributed by atoms with Crippen LogP contribution in [0.2, 0.25) is 0 Å². The van der Waals surface area contributed by atoms with Crippen molar-refractivity contribution in [1.82, 2.24) is 4.90 Å². The Balaban J connectivity index is 2.19. The van der Waals surface area contributed by atoms with E-state index in [1.165, 1.54) is 27.2 Å². The maximum atomic E-state index is 12.0. The molecule has 0 aliphatic carbocycles. The molecule has 1 aromatic carbocycles. The van der Waals surface area contributed by atoms with Crippen molar-refractivity contribution in [3.8, 4) is 17.2 Å². The average molecular weight is 321 g/mol. The molecule has 23 heavy (non-hydrogen) atoms. The minimum atomic E-state index is -1.06. The summed E-state index contributed by atoms with van der Waals surface area (Å²) in [6.07, 6.45) is 2.89. The number of hydrogen-bond donors (Lipinski definition) is 1. The Labute approximate surface area is 134 Å². The van der Waals surface area contributed by atoms with Gasteiger partial charge in [-0.1, -0.05) is 0 Å². The van der Waals surface area contributed by atoms with E-state index in [9.17, 15) is 9.59 Å². The molecule has 7 nitrogen and oxygen atoms in total. The Morgan fingerprint density at radius 1 is 1.35 bits per heavy atom. The normalized spacial score (nSPS) is 14.4. The number of fused-ring (bicyclic) bond motifs is 1. The monoisotopic (exact) mass is 321 g/mol. The predicted molar refractivity (Wildman–Crippen MR) is 82.9 cm³/mol. The van der Waals surface area contributed by atoms with E-state index < -0.39 is 17.9 Å². The van der Waals surface area contributed by atoms with Crippen LogP contribution in [0.3, 0.4) is 0 Å². The Kier molecular flexibility index (Phi) is 5.10. The van der Waals surface area contributed by atoms with E-state index >= 15 is 0 Å². The van der Waals surface area contributed by atoms with Gasteiger partial charge in [-0.15, -0.1) is 0 Å². The lowest BCUT2D eigenvalue weighted by Gasteiger charge is -2.21. The fourth-order valence-electron chi connectivity index (χ4n) is 2.03. The molecule has 2 rings (SSSR count). The highest BCUT2D eigenvalue weighted by atomic mass is 16.6. The van der Waals surface area contributed by atoms with Crippen LogP contribution in [0.4, 0.5) is 0 Å². The van der Waals surface area contributed by atoms with Gasteiger partial charge in [0.1, 0.15) is 19.3 Å². The summed E-state index contributed by atoms with van der Waals surface area (Å²) in [6.45, 7) is 2.34. The van der Waals surface area contributed by atoms with Crippen molar-refractivity contribution in [2.24, 2.45) is 0 Å². The van der Waals surface area contributed by atoms with E-state index in [4.69, 9.17) is 19.3 Å². The molecule has 124 valence electrons. The topological polar surface area (TPSA) is 85.3 Å². The lowest BCUT2D eigenvalue weighted by Crippen LogP contribution is -2.39. The molecule has 1 heterocycles. The Morgan fingerprint density at radius 2 is 2.04 bits per heavy atom. The molecule has 1 N–H and O–H groups in total. The standard InChI is InChI=1S/C16H19NO6/c1-10(16(19)20)17(2)14(18)5-4-11-8-12(21-3)15-13(9-11)22-6-7-23-15/h4-5,8-10H,6-7H2,1-3H3,(H,19,20)/b5-4+. The first-order valence-corrected chi connectivity index (χ1v) is 7.09. The van der Waals surface area contributed by atoms with Crippen molar-refractivity contribution in [2.45, 2.75) is 13.0 Å². The molecule has 0 bridgehead atoms. The van der Waals surface area contributed by atoms with Crippen LogP contribution in [0.1, 0.15) is 12.5 Å². The summed E-state index contributed by atoms with van der Waals surface area (Å²) >= 11 is 0. The zero-order chi connectivity index (χ0) is 17.0. The first kappa shape index (κ1) is 16.7. The van der Waals surface area contributed by atoms with Gasteiger partial charge < -0.3 is 24.2 Å². The van der Waals surface area contributed by atoms with Crippen LogP contribution in [-0.2, 0) is 9.59 Å². The second kappa shape index (κ2) is 7.04.